The van der Waals surface area contributed by atoms with Gasteiger partial charge < -0.3 is 10.6 Å². The van der Waals surface area contributed by atoms with E-state index in [2.05, 4.69) is 10.1 Å². The quantitative estimate of drug-likeness (QED) is 0.386. The molecule has 0 aliphatic carbocycles. The third kappa shape index (κ3) is 2.92. The van der Waals surface area contributed by atoms with Crippen molar-refractivity contribution in [2.75, 3.05) is 0 Å². The molecule has 2 aromatic rings. The fourth-order valence-electron chi connectivity index (χ4n) is 1.36. The highest BCUT2D eigenvalue weighted by atomic mass is 32.1. The van der Waals surface area contributed by atoms with Gasteiger partial charge in [-0.1, -0.05) is 28.9 Å². The molecule has 1 aromatic carbocycles. The molecule has 2 N–H and O–H groups in total. The van der Waals surface area contributed by atoms with Crippen molar-refractivity contribution in [1.29, 1.82) is 0 Å². The summed E-state index contributed by atoms with van der Waals surface area (Å²) in [6, 6.07) is 7.66. The monoisotopic (exact) mass is 260 g/mol. The molecule has 18 heavy (non-hydrogen) atoms. The molecule has 1 aromatic heterocycles. The number of oxime groups is 1. The van der Waals surface area contributed by atoms with Gasteiger partial charge in [0.25, 0.3) is 0 Å². The molecule has 0 aliphatic rings. The summed E-state index contributed by atoms with van der Waals surface area (Å²) < 4.78 is 1.53. The van der Waals surface area contributed by atoms with Crippen LogP contribution in [0.15, 0.2) is 48.1 Å². The fourth-order valence-corrected chi connectivity index (χ4v) is 1.50. The Morgan fingerprint density at radius 2 is 2.33 bits per heavy atom. The van der Waals surface area contributed by atoms with Crippen LogP contribution in [-0.2, 0) is 4.84 Å². The van der Waals surface area contributed by atoms with Crippen molar-refractivity contribution in [3.05, 3.63) is 54.1 Å². The average Bonchev–Trinajstić information content (AvgIpc) is 2.89. The van der Waals surface area contributed by atoms with Crippen molar-refractivity contribution in [2.24, 2.45) is 10.9 Å². The van der Waals surface area contributed by atoms with Crippen molar-refractivity contribution in [3.8, 4) is 0 Å². The minimum Gasteiger partial charge on any atom is -0.380 e. The largest absolute Gasteiger partial charge is 0.380 e. The van der Waals surface area contributed by atoms with Crippen molar-refractivity contribution >= 4 is 23.2 Å². The van der Waals surface area contributed by atoms with Crippen LogP contribution in [0, 0.1) is 6.92 Å². The topological polar surface area (TPSA) is 65.4 Å². The molecule has 0 atom stereocenters. The lowest BCUT2D eigenvalue weighted by Crippen LogP contribution is -2.16. The first-order chi connectivity index (χ1) is 8.66. The summed E-state index contributed by atoms with van der Waals surface area (Å²) in [6.07, 6.45) is 4.80. The first kappa shape index (κ1) is 12.3. The Hall–Kier alpha value is -2.21. The zero-order valence-corrected chi connectivity index (χ0v) is 10.6. The smallest absolute Gasteiger partial charge is 0.301 e. The molecule has 0 saturated carbocycles. The SMILES string of the molecule is Cc1cccc(/C(N)=N/OC(=S)n2ccnc2)c1. The van der Waals surface area contributed by atoms with Gasteiger partial charge in [0.2, 0.25) is 0 Å². The van der Waals surface area contributed by atoms with Crippen molar-refractivity contribution < 1.29 is 4.84 Å². The number of imidazole rings is 1. The Labute approximate surface area is 110 Å². The number of hydrogen-bond donors (Lipinski definition) is 1. The zero-order chi connectivity index (χ0) is 13.0. The molecular weight excluding hydrogens is 248 g/mol. The van der Waals surface area contributed by atoms with E-state index in [4.69, 9.17) is 22.8 Å². The van der Waals surface area contributed by atoms with Gasteiger partial charge in [-0.05, 0) is 25.2 Å². The van der Waals surface area contributed by atoms with Crippen LogP contribution in [0.1, 0.15) is 11.1 Å². The van der Waals surface area contributed by atoms with Gasteiger partial charge in [-0.2, -0.15) is 0 Å². The Balaban J connectivity index is 2.08. The minimum absolute atomic E-state index is 0.170. The van der Waals surface area contributed by atoms with Crippen LogP contribution in [0.25, 0.3) is 0 Å². The third-order valence-corrected chi connectivity index (χ3v) is 2.54. The molecule has 0 amide bonds. The molecule has 0 saturated heterocycles. The molecule has 0 radical (unpaired) electrons. The molecule has 0 aliphatic heterocycles. The Bertz CT molecular complexity index is 578. The summed E-state index contributed by atoms with van der Waals surface area (Å²) in [5.74, 6) is 0.279. The van der Waals surface area contributed by atoms with Gasteiger partial charge in [0.05, 0.1) is 0 Å². The first-order valence-electron chi connectivity index (χ1n) is 5.26. The summed E-state index contributed by atoms with van der Waals surface area (Å²) in [7, 11) is 0. The number of amidine groups is 1. The zero-order valence-electron chi connectivity index (χ0n) is 9.78. The van der Waals surface area contributed by atoms with Gasteiger partial charge in [-0.25, -0.2) is 4.98 Å². The van der Waals surface area contributed by atoms with Gasteiger partial charge in [0.15, 0.2) is 5.84 Å². The minimum atomic E-state index is 0.170. The van der Waals surface area contributed by atoms with Crippen molar-refractivity contribution in [3.63, 3.8) is 0 Å². The average molecular weight is 260 g/mol. The standard InChI is InChI=1S/C12H12N4OS/c1-9-3-2-4-10(7-9)11(13)15-17-12(18)16-6-5-14-8-16/h2-8H,1H3,(H2,13,15). The number of nitrogens with zero attached hydrogens (tertiary/aromatic N) is 3. The van der Waals surface area contributed by atoms with Crippen LogP contribution in [-0.4, -0.2) is 20.6 Å². The van der Waals surface area contributed by atoms with Crippen molar-refractivity contribution in [1.82, 2.24) is 9.55 Å². The first-order valence-corrected chi connectivity index (χ1v) is 5.67. The van der Waals surface area contributed by atoms with Gasteiger partial charge in [-0.15, -0.1) is 0 Å². The highest BCUT2D eigenvalue weighted by Gasteiger charge is 2.02. The summed E-state index contributed by atoms with van der Waals surface area (Å²) in [6.45, 7) is 1.98. The maximum atomic E-state index is 5.81. The lowest BCUT2D eigenvalue weighted by Gasteiger charge is -2.03. The van der Waals surface area contributed by atoms with E-state index >= 15 is 0 Å². The van der Waals surface area contributed by atoms with Crippen LogP contribution in [0.2, 0.25) is 0 Å². The van der Waals surface area contributed by atoms with Crippen LogP contribution in [0.3, 0.4) is 0 Å². The summed E-state index contributed by atoms with van der Waals surface area (Å²) in [5, 5.41) is 3.97. The molecular formula is C12H12N4OS. The summed E-state index contributed by atoms with van der Waals surface area (Å²) >= 11 is 5.01. The van der Waals surface area contributed by atoms with E-state index in [9.17, 15) is 0 Å². The Morgan fingerprint density at radius 3 is 3.00 bits per heavy atom. The number of benzene rings is 1. The van der Waals surface area contributed by atoms with Crippen molar-refractivity contribution in [2.45, 2.75) is 6.92 Å². The number of nitrogens with two attached hydrogens (primary N) is 1. The highest BCUT2D eigenvalue weighted by molar-refractivity contribution is 7.80. The van der Waals surface area contributed by atoms with E-state index < -0.39 is 0 Å². The van der Waals surface area contributed by atoms with Crippen LogP contribution >= 0.6 is 12.2 Å². The molecule has 6 heteroatoms. The molecule has 0 bridgehead atoms. The van der Waals surface area contributed by atoms with E-state index in [-0.39, 0.29) is 11.0 Å². The van der Waals surface area contributed by atoms with Crippen LogP contribution in [0.4, 0.5) is 0 Å². The van der Waals surface area contributed by atoms with Crippen LogP contribution in [0.5, 0.6) is 0 Å². The second-order valence-corrected chi connectivity index (χ2v) is 4.02. The maximum absolute atomic E-state index is 5.81. The Kier molecular flexibility index (Phi) is 3.69. The van der Waals surface area contributed by atoms with Crippen LogP contribution < -0.4 is 5.73 Å². The lowest BCUT2D eigenvalue weighted by atomic mass is 10.1. The number of thiocarbonyl (C=S) groups is 1. The Morgan fingerprint density at radius 1 is 1.50 bits per heavy atom. The predicted molar refractivity (Wildman–Crippen MR) is 73.2 cm³/mol. The maximum Gasteiger partial charge on any atom is 0.301 e. The second kappa shape index (κ2) is 5.42. The molecule has 5 nitrogen and oxygen atoms in total. The molecule has 1 heterocycles. The molecule has 0 unspecified atom stereocenters. The fraction of sp³-hybridized carbons (Fsp3) is 0.0833. The molecule has 0 fully saturated rings. The van der Waals surface area contributed by atoms with E-state index in [1.54, 1.807) is 12.4 Å². The van der Waals surface area contributed by atoms with Gasteiger partial charge in [0, 0.05) is 18.0 Å². The second-order valence-electron chi connectivity index (χ2n) is 3.67. The van der Waals surface area contributed by atoms with Gasteiger partial charge in [0.1, 0.15) is 6.33 Å². The predicted octanol–water partition coefficient (Wildman–Crippen LogP) is 1.66. The lowest BCUT2D eigenvalue weighted by molar-refractivity contribution is 0.323. The molecule has 2 rings (SSSR count). The molecule has 0 spiro atoms. The summed E-state index contributed by atoms with van der Waals surface area (Å²) in [4.78, 5) is 8.92. The highest BCUT2D eigenvalue weighted by Crippen LogP contribution is 2.04. The number of hydrogen-bond acceptors (Lipinski definition) is 4. The third-order valence-electron chi connectivity index (χ3n) is 2.25. The number of aromatic nitrogens is 2. The van der Waals surface area contributed by atoms with E-state index in [1.807, 2.05) is 31.2 Å². The van der Waals surface area contributed by atoms with E-state index in [0.717, 1.165) is 11.1 Å². The number of rotatable bonds is 2. The number of aryl methyl sites for hydroxylation is 1. The normalized spacial score (nSPS) is 11.3. The molecule has 92 valence electrons. The van der Waals surface area contributed by atoms with E-state index in [0.29, 0.717) is 0 Å². The summed E-state index contributed by atoms with van der Waals surface area (Å²) in [5.41, 5.74) is 7.70. The van der Waals surface area contributed by atoms with Gasteiger partial charge >= 0.3 is 5.17 Å². The van der Waals surface area contributed by atoms with Gasteiger partial charge in [-0.3, -0.25) is 4.57 Å². The van der Waals surface area contributed by atoms with E-state index in [1.165, 1.54) is 10.9 Å².